The van der Waals surface area contributed by atoms with Gasteiger partial charge in [-0.3, -0.25) is 4.98 Å². The van der Waals surface area contributed by atoms with Gasteiger partial charge in [0.1, 0.15) is 0 Å². The van der Waals surface area contributed by atoms with Gasteiger partial charge in [-0.15, -0.1) is 0 Å². The van der Waals surface area contributed by atoms with Crippen LogP contribution in [-0.2, 0) is 0 Å². The SMILES string of the molecule is COc1ccc(-c2nccc(C)c2C(=O)O)c(OC)c1OC. The van der Waals surface area contributed by atoms with Gasteiger partial charge in [0.15, 0.2) is 11.5 Å². The molecule has 0 saturated heterocycles. The molecule has 0 fully saturated rings. The van der Waals surface area contributed by atoms with E-state index in [1.54, 1.807) is 31.3 Å². The van der Waals surface area contributed by atoms with Crippen LogP contribution in [0.5, 0.6) is 17.2 Å². The molecule has 0 aliphatic carbocycles. The molecule has 0 saturated carbocycles. The number of ether oxygens (including phenoxy) is 3. The summed E-state index contributed by atoms with van der Waals surface area (Å²) in [5.41, 5.74) is 1.61. The summed E-state index contributed by atoms with van der Waals surface area (Å²) < 4.78 is 16.0. The van der Waals surface area contributed by atoms with Crippen molar-refractivity contribution in [3.8, 4) is 28.5 Å². The van der Waals surface area contributed by atoms with Crippen molar-refractivity contribution in [1.82, 2.24) is 4.98 Å². The van der Waals surface area contributed by atoms with E-state index in [4.69, 9.17) is 14.2 Å². The first kappa shape index (κ1) is 15.6. The van der Waals surface area contributed by atoms with Gasteiger partial charge in [-0.2, -0.15) is 0 Å². The lowest BCUT2D eigenvalue weighted by atomic mass is 10.0. The molecule has 6 nitrogen and oxygen atoms in total. The summed E-state index contributed by atoms with van der Waals surface area (Å²) in [6.45, 7) is 1.72. The molecule has 22 heavy (non-hydrogen) atoms. The van der Waals surface area contributed by atoms with Crippen molar-refractivity contribution in [1.29, 1.82) is 0 Å². The maximum atomic E-state index is 11.6. The number of benzene rings is 1. The first-order chi connectivity index (χ1) is 10.5. The minimum atomic E-state index is -1.04. The smallest absolute Gasteiger partial charge is 0.338 e. The van der Waals surface area contributed by atoms with Crippen molar-refractivity contribution in [2.24, 2.45) is 0 Å². The number of hydrogen-bond donors (Lipinski definition) is 1. The fourth-order valence-corrected chi connectivity index (χ4v) is 2.32. The van der Waals surface area contributed by atoms with E-state index in [0.29, 0.717) is 34.1 Å². The number of carbonyl (C=O) groups is 1. The molecular weight excluding hydrogens is 286 g/mol. The minimum absolute atomic E-state index is 0.132. The van der Waals surface area contributed by atoms with E-state index in [-0.39, 0.29) is 5.56 Å². The molecule has 6 heteroatoms. The van der Waals surface area contributed by atoms with Crippen LogP contribution in [0.1, 0.15) is 15.9 Å². The van der Waals surface area contributed by atoms with Crippen molar-refractivity contribution in [2.45, 2.75) is 6.92 Å². The largest absolute Gasteiger partial charge is 0.493 e. The highest BCUT2D eigenvalue weighted by Gasteiger charge is 2.23. The fraction of sp³-hybridized carbons (Fsp3) is 0.250. The van der Waals surface area contributed by atoms with Gasteiger partial charge in [0.05, 0.1) is 32.6 Å². The van der Waals surface area contributed by atoms with Crippen molar-refractivity contribution < 1.29 is 24.1 Å². The van der Waals surface area contributed by atoms with Gasteiger partial charge in [0.2, 0.25) is 5.75 Å². The Hall–Kier alpha value is -2.76. The van der Waals surface area contributed by atoms with E-state index in [2.05, 4.69) is 4.98 Å². The van der Waals surface area contributed by atoms with Gasteiger partial charge in [-0.1, -0.05) is 0 Å². The second-order valence-corrected chi connectivity index (χ2v) is 4.54. The Morgan fingerprint density at radius 3 is 2.27 bits per heavy atom. The lowest BCUT2D eigenvalue weighted by molar-refractivity contribution is 0.0696. The topological polar surface area (TPSA) is 77.9 Å². The highest BCUT2D eigenvalue weighted by Crippen LogP contribution is 2.44. The number of aromatic nitrogens is 1. The Bertz CT molecular complexity index is 712. The number of hydrogen-bond acceptors (Lipinski definition) is 5. The Morgan fingerprint density at radius 2 is 1.73 bits per heavy atom. The van der Waals surface area contributed by atoms with E-state index in [1.807, 2.05) is 0 Å². The van der Waals surface area contributed by atoms with Gasteiger partial charge in [0.25, 0.3) is 0 Å². The quantitative estimate of drug-likeness (QED) is 0.915. The molecule has 0 aliphatic rings. The summed E-state index contributed by atoms with van der Waals surface area (Å²) in [5.74, 6) is 0.217. The standard InChI is InChI=1S/C16H17NO5/c1-9-7-8-17-13(12(9)16(18)19)10-5-6-11(20-2)15(22-4)14(10)21-3/h5-8H,1-4H3,(H,18,19). The first-order valence-corrected chi connectivity index (χ1v) is 6.53. The molecule has 0 amide bonds. The number of aryl methyl sites for hydroxylation is 1. The average molecular weight is 303 g/mol. The zero-order chi connectivity index (χ0) is 16.3. The lowest BCUT2D eigenvalue weighted by Crippen LogP contribution is -2.06. The molecule has 0 atom stereocenters. The number of aromatic carboxylic acids is 1. The summed E-state index contributed by atoms with van der Waals surface area (Å²) in [7, 11) is 4.49. The third-order valence-electron chi connectivity index (χ3n) is 3.33. The van der Waals surface area contributed by atoms with Crippen LogP contribution in [0.25, 0.3) is 11.3 Å². The second-order valence-electron chi connectivity index (χ2n) is 4.54. The summed E-state index contributed by atoms with van der Waals surface area (Å²) in [4.78, 5) is 15.8. The molecule has 1 heterocycles. The van der Waals surface area contributed by atoms with Gasteiger partial charge in [-0.25, -0.2) is 4.79 Å². The van der Waals surface area contributed by atoms with E-state index < -0.39 is 5.97 Å². The molecule has 1 aromatic carbocycles. The Kier molecular flexibility index (Phi) is 4.50. The van der Waals surface area contributed by atoms with E-state index >= 15 is 0 Å². The maximum Gasteiger partial charge on any atom is 0.338 e. The van der Waals surface area contributed by atoms with Crippen LogP contribution in [0.15, 0.2) is 24.4 Å². The predicted octanol–water partition coefficient (Wildman–Crippen LogP) is 2.78. The zero-order valence-corrected chi connectivity index (χ0v) is 12.8. The van der Waals surface area contributed by atoms with Crippen LogP contribution in [-0.4, -0.2) is 37.4 Å². The number of rotatable bonds is 5. The minimum Gasteiger partial charge on any atom is -0.493 e. The molecular formula is C16H17NO5. The molecule has 0 radical (unpaired) electrons. The zero-order valence-electron chi connectivity index (χ0n) is 12.8. The Balaban J connectivity index is 2.79. The van der Waals surface area contributed by atoms with Gasteiger partial charge in [0, 0.05) is 11.8 Å². The van der Waals surface area contributed by atoms with Crippen LogP contribution >= 0.6 is 0 Å². The number of carboxylic acid groups (broad SMARTS) is 1. The molecule has 0 bridgehead atoms. The normalized spacial score (nSPS) is 10.2. The third-order valence-corrected chi connectivity index (χ3v) is 3.33. The van der Waals surface area contributed by atoms with Gasteiger partial charge >= 0.3 is 5.97 Å². The molecule has 0 unspecified atom stereocenters. The number of methoxy groups -OCH3 is 3. The van der Waals surface area contributed by atoms with Crippen LogP contribution < -0.4 is 14.2 Å². The molecule has 1 N–H and O–H groups in total. The number of nitrogens with zero attached hydrogens (tertiary/aromatic N) is 1. The van der Waals surface area contributed by atoms with Crippen molar-refractivity contribution in [3.63, 3.8) is 0 Å². The number of pyridine rings is 1. The second kappa shape index (κ2) is 6.34. The molecule has 0 aliphatic heterocycles. The predicted molar refractivity (Wildman–Crippen MR) is 81.0 cm³/mol. The highest BCUT2D eigenvalue weighted by atomic mass is 16.5. The third kappa shape index (κ3) is 2.55. The molecule has 116 valence electrons. The van der Waals surface area contributed by atoms with Gasteiger partial charge < -0.3 is 19.3 Å². The van der Waals surface area contributed by atoms with Crippen LogP contribution in [0.3, 0.4) is 0 Å². The Labute approximate surface area is 128 Å². The average Bonchev–Trinajstić information content (AvgIpc) is 2.52. The first-order valence-electron chi connectivity index (χ1n) is 6.53. The maximum absolute atomic E-state index is 11.6. The van der Waals surface area contributed by atoms with Crippen molar-refractivity contribution in [3.05, 3.63) is 35.5 Å². The van der Waals surface area contributed by atoms with Crippen LogP contribution in [0, 0.1) is 6.92 Å². The summed E-state index contributed by atoms with van der Waals surface area (Å²) >= 11 is 0. The van der Waals surface area contributed by atoms with Crippen molar-refractivity contribution >= 4 is 5.97 Å². The molecule has 2 rings (SSSR count). The van der Waals surface area contributed by atoms with Crippen molar-refractivity contribution in [2.75, 3.05) is 21.3 Å². The molecule has 1 aromatic heterocycles. The lowest BCUT2D eigenvalue weighted by Gasteiger charge is -2.16. The molecule has 0 spiro atoms. The summed E-state index contributed by atoms with van der Waals surface area (Å²) in [6, 6.07) is 5.04. The van der Waals surface area contributed by atoms with Crippen LogP contribution in [0.2, 0.25) is 0 Å². The van der Waals surface area contributed by atoms with Gasteiger partial charge in [-0.05, 0) is 30.7 Å². The summed E-state index contributed by atoms with van der Waals surface area (Å²) in [5, 5.41) is 9.46. The molecule has 2 aromatic rings. The monoisotopic (exact) mass is 303 g/mol. The summed E-state index contributed by atoms with van der Waals surface area (Å²) in [6.07, 6.45) is 1.56. The highest BCUT2D eigenvalue weighted by molar-refractivity contribution is 5.97. The number of carboxylic acids is 1. The van der Waals surface area contributed by atoms with E-state index in [0.717, 1.165) is 0 Å². The van der Waals surface area contributed by atoms with E-state index in [1.165, 1.54) is 21.3 Å². The van der Waals surface area contributed by atoms with Crippen LogP contribution in [0.4, 0.5) is 0 Å². The fourth-order valence-electron chi connectivity index (χ4n) is 2.32. The van der Waals surface area contributed by atoms with E-state index in [9.17, 15) is 9.90 Å². The Morgan fingerprint density at radius 1 is 1.05 bits per heavy atom.